The Morgan fingerprint density at radius 2 is 2.04 bits per heavy atom. The molecule has 0 aliphatic rings. The molecule has 5 nitrogen and oxygen atoms in total. The van der Waals surface area contributed by atoms with Gasteiger partial charge in [0.05, 0.1) is 18.5 Å². The van der Waals surface area contributed by atoms with Crippen molar-refractivity contribution in [2.45, 2.75) is 6.42 Å². The molecular weight excluding hydrogens is 332 g/mol. The van der Waals surface area contributed by atoms with Gasteiger partial charge >= 0.3 is 0 Å². The number of benzene rings is 1. The fraction of sp³-hybridized carbons (Fsp3) is 0.250. The van der Waals surface area contributed by atoms with E-state index in [2.05, 4.69) is 10.3 Å². The fourth-order valence-electron chi connectivity index (χ4n) is 2.02. The van der Waals surface area contributed by atoms with Crippen molar-refractivity contribution in [2.75, 3.05) is 25.6 Å². The number of carbonyl (C=O) groups excluding carboxylic acids is 1. The second-order valence-corrected chi connectivity index (χ2v) is 7.00. The molecule has 1 amide bonds. The third kappa shape index (κ3) is 4.28. The molecule has 0 saturated heterocycles. The number of amides is 1. The van der Waals surface area contributed by atoms with Gasteiger partial charge in [-0.3, -0.25) is 4.79 Å². The topological polar surface area (TPSA) is 60.5 Å². The van der Waals surface area contributed by atoms with Crippen molar-refractivity contribution in [1.29, 1.82) is 0 Å². The summed E-state index contributed by atoms with van der Waals surface area (Å²) in [6.45, 7) is 1.06. The summed E-state index contributed by atoms with van der Waals surface area (Å²) in [5.41, 5.74) is 1.87. The van der Waals surface area contributed by atoms with Crippen LogP contribution in [-0.4, -0.2) is 31.2 Å². The number of aromatic nitrogens is 1. The maximum absolute atomic E-state index is 12.1. The van der Waals surface area contributed by atoms with E-state index in [1.807, 2.05) is 35.7 Å². The highest BCUT2D eigenvalue weighted by atomic mass is 32.2. The van der Waals surface area contributed by atoms with Gasteiger partial charge in [-0.05, 0) is 29.1 Å². The molecule has 0 atom stereocenters. The number of hydrogen-bond acceptors (Lipinski definition) is 6. The lowest BCUT2D eigenvalue weighted by Gasteiger charge is -2.06. The average molecular weight is 348 g/mol. The zero-order valence-electron chi connectivity index (χ0n) is 12.6. The molecule has 0 aliphatic heterocycles. The molecule has 120 valence electrons. The summed E-state index contributed by atoms with van der Waals surface area (Å²) in [7, 11) is 1.64. The highest BCUT2D eigenvalue weighted by Gasteiger charge is 2.09. The quantitative estimate of drug-likeness (QED) is 0.663. The zero-order chi connectivity index (χ0) is 16.1. The minimum Gasteiger partial charge on any atom is -0.491 e. The Balaban J connectivity index is 1.53. The third-order valence-electron chi connectivity index (χ3n) is 3.11. The number of methoxy groups -OCH3 is 1. The van der Waals surface area contributed by atoms with Crippen molar-refractivity contribution < 1.29 is 14.3 Å². The Morgan fingerprint density at radius 3 is 2.78 bits per heavy atom. The number of rotatable bonds is 7. The fourth-order valence-corrected chi connectivity index (χ4v) is 3.87. The summed E-state index contributed by atoms with van der Waals surface area (Å²) in [4.78, 5) is 16.5. The molecule has 0 radical (unpaired) electrons. The van der Waals surface area contributed by atoms with Crippen LogP contribution in [0, 0.1) is 0 Å². The van der Waals surface area contributed by atoms with Crippen LogP contribution in [-0.2, 0) is 16.0 Å². The molecule has 7 heteroatoms. The van der Waals surface area contributed by atoms with Crippen LogP contribution in [0.2, 0.25) is 0 Å². The first kappa shape index (κ1) is 15.9. The lowest BCUT2D eigenvalue weighted by atomic mass is 10.1. The van der Waals surface area contributed by atoms with Gasteiger partial charge in [0, 0.05) is 7.11 Å². The van der Waals surface area contributed by atoms with Crippen LogP contribution in [0.15, 0.2) is 35.7 Å². The van der Waals surface area contributed by atoms with E-state index < -0.39 is 0 Å². The third-order valence-corrected chi connectivity index (χ3v) is 5.13. The number of thiophene rings is 1. The SMILES string of the molecule is COCCOc1ccc(CC(=O)Nc2nc3ccsc3s2)cc1. The van der Waals surface area contributed by atoms with Gasteiger partial charge in [0.2, 0.25) is 5.91 Å². The van der Waals surface area contributed by atoms with E-state index in [1.54, 1.807) is 18.4 Å². The number of ether oxygens (including phenoxy) is 2. The first-order valence-corrected chi connectivity index (χ1v) is 8.79. The molecule has 2 heterocycles. The molecule has 23 heavy (non-hydrogen) atoms. The number of fused-ring (bicyclic) bond motifs is 1. The number of nitrogens with one attached hydrogen (secondary N) is 1. The minimum atomic E-state index is -0.0699. The van der Waals surface area contributed by atoms with Crippen molar-refractivity contribution in [3.63, 3.8) is 0 Å². The average Bonchev–Trinajstić information content (AvgIpc) is 3.10. The monoisotopic (exact) mass is 348 g/mol. The Labute approximate surface area is 141 Å². The van der Waals surface area contributed by atoms with E-state index in [-0.39, 0.29) is 5.91 Å². The van der Waals surface area contributed by atoms with Crippen LogP contribution >= 0.6 is 22.7 Å². The Kier molecular flexibility index (Phi) is 5.22. The molecule has 0 bridgehead atoms. The molecule has 0 aliphatic carbocycles. The summed E-state index contributed by atoms with van der Waals surface area (Å²) >= 11 is 3.13. The molecule has 2 aromatic heterocycles. The number of nitrogens with zero attached hydrogens (tertiary/aromatic N) is 1. The summed E-state index contributed by atoms with van der Waals surface area (Å²) in [6, 6.07) is 9.45. The van der Waals surface area contributed by atoms with Crippen molar-refractivity contribution in [3.8, 4) is 5.75 Å². The highest BCUT2D eigenvalue weighted by Crippen LogP contribution is 2.30. The first-order valence-electron chi connectivity index (χ1n) is 7.09. The van der Waals surface area contributed by atoms with Crippen LogP contribution < -0.4 is 10.1 Å². The largest absolute Gasteiger partial charge is 0.491 e. The van der Waals surface area contributed by atoms with E-state index in [9.17, 15) is 4.79 Å². The molecular formula is C16H16N2O3S2. The van der Waals surface area contributed by atoms with Crippen molar-refractivity contribution in [3.05, 3.63) is 41.3 Å². The Hall–Kier alpha value is -1.96. The number of thiazole rings is 1. The van der Waals surface area contributed by atoms with Crippen molar-refractivity contribution in [2.24, 2.45) is 0 Å². The van der Waals surface area contributed by atoms with Gasteiger partial charge in [-0.2, -0.15) is 0 Å². The van der Waals surface area contributed by atoms with Gasteiger partial charge < -0.3 is 14.8 Å². The predicted octanol–water partition coefficient (Wildman–Crippen LogP) is 3.56. The number of anilines is 1. The smallest absolute Gasteiger partial charge is 0.230 e. The molecule has 0 saturated carbocycles. The van der Waals surface area contributed by atoms with E-state index >= 15 is 0 Å². The van der Waals surface area contributed by atoms with Gasteiger partial charge in [0.1, 0.15) is 16.4 Å². The van der Waals surface area contributed by atoms with E-state index in [1.165, 1.54) is 11.3 Å². The molecule has 1 N–H and O–H groups in total. The lowest BCUT2D eigenvalue weighted by Crippen LogP contribution is -2.14. The molecule has 0 fully saturated rings. The first-order chi connectivity index (χ1) is 11.2. The van der Waals surface area contributed by atoms with Crippen LogP contribution in [0.4, 0.5) is 5.13 Å². The number of carbonyl (C=O) groups is 1. The summed E-state index contributed by atoms with van der Waals surface area (Å²) in [5, 5.41) is 5.50. The second-order valence-electron chi connectivity index (χ2n) is 4.82. The van der Waals surface area contributed by atoms with Crippen LogP contribution in [0.1, 0.15) is 5.56 Å². The summed E-state index contributed by atoms with van der Waals surface area (Å²) in [6.07, 6.45) is 0.311. The molecule has 1 aromatic carbocycles. The van der Waals surface area contributed by atoms with Gasteiger partial charge in [-0.15, -0.1) is 11.3 Å². The van der Waals surface area contributed by atoms with Gasteiger partial charge in [-0.1, -0.05) is 23.5 Å². The molecule has 3 aromatic rings. The summed E-state index contributed by atoms with van der Waals surface area (Å²) < 4.78 is 11.5. The molecule has 0 spiro atoms. The van der Waals surface area contributed by atoms with Gasteiger partial charge in [-0.25, -0.2) is 4.98 Å². The predicted molar refractivity (Wildman–Crippen MR) is 93.6 cm³/mol. The van der Waals surface area contributed by atoms with E-state index in [0.717, 1.165) is 20.8 Å². The van der Waals surface area contributed by atoms with Crippen molar-refractivity contribution in [1.82, 2.24) is 4.98 Å². The Morgan fingerprint density at radius 1 is 1.22 bits per heavy atom. The molecule has 3 rings (SSSR count). The van der Waals surface area contributed by atoms with E-state index in [0.29, 0.717) is 24.8 Å². The maximum Gasteiger partial charge on any atom is 0.230 e. The summed E-state index contributed by atoms with van der Waals surface area (Å²) in [5.74, 6) is 0.700. The van der Waals surface area contributed by atoms with Crippen LogP contribution in [0.25, 0.3) is 9.53 Å². The lowest BCUT2D eigenvalue weighted by molar-refractivity contribution is -0.115. The molecule has 0 unspecified atom stereocenters. The Bertz CT molecular complexity index is 752. The minimum absolute atomic E-state index is 0.0699. The maximum atomic E-state index is 12.1. The zero-order valence-corrected chi connectivity index (χ0v) is 14.2. The standard InChI is InChI=1S/C16H16N2O3S2/c1-20-7-8-21-12-4-2-11(3-5-12)10-14(19)18-16-17-13-6-9-22-15(13)23-16/h2-6,9H,7-8,10H2,1H3,(H,17,18,19). The second kappa shape index (κ2) is 7.54. The van der Waals surface area contributed by atoms with Gasteiger partial charge in [0.25, 0.3) is 0 Å². The highest BCUT2D eigenvalue weighted by molar-refractivity contribution is 7.39. The normalized spacial score (nSPS) is 10.8. The van der Waals surface area contributed by atoms with Crippen molar-refractivity contribution >= 4 is 43.2 Å². The van der Waals surface area contributed by atoms with E-state index in [4.69, 9.17) is 9.47 Å². The van der Waals surface area contributed by atoms with Crippen LogP contribution in [0.3, 0.4) is 0 Å². The van der Waals surface area contributed by atoms with Gasteiger partial charge in [0.15, 0.2) is 5.13 Å². The number of hydrogen-bond donors (Lipinski definition) is 1. The van der Waals surface area contributed by atoms with Crippen LogP contribution in [0.5, 0.6) is 5.75 Å².